The molecule has 128 valence electrons. The van der Waals surface area contributed by atoms with Crippen molar-refractivity contribution in [3.05, 3.63) is 29.8 Å². The summed E-state index contributed by atoms with van der Waals surface area (Å²) in [7, 11) is 0. The van der Waals surface area contributed by atoms with E-state index in [1.54, 1.807) is 24.3 Å². The molecule has 23 heavy (non-hydrogen) atoms. The Hall–Kier alpha value is -1.88. The van der Waals surface area contributed by atoms with Gasteiger partial charge in [0.05, 0.1) is 6.10 Å². The number of hydrogen-bond donors (Lipinski definition) is 1. The van der Waals surface area contributed by atoms with Gasteiger partial charge in [-0.15, -0.1) is 0 Å². The van der Waals surface area contributed by atoms with E-state index in [-0.39, 0.29) is 30.3 Å². The molecule has 0 radical (unpaired) electrons. The van der Waals surface area contributed by atoms with Crippen molar-refractivity contribution in [3.8, 4) is 5.75 Å². The molecular formula is C18H27NO4. The minimum atomic E-state index is -0.126. The fraction of sp³-hybridized carbons (Fsp3) is 0.556. The molecule has 0 unspecified atom stereocenters. The van der Waals surface area contributed by atoms with Crippen LogP contribution >= 0.6 is 0 Å². The van der Waals surface area contributed by atoms with E-state index < -0.39 is 0 Å². The van der Waals surface area contributed by atoms with Gasteiger partial charge in [0.1, 0.15) is 12.4 Å². The summed E-state index contributed by atoms with van der Waals surface area (Å²) >= 11 is 0. The molecule has 0 bridgehead atoms. The second kappa shape index (κ2) is 10.0. The molecule has 1 aromatic carbocycles. The molecule has 5 heteroatoms. The number of hydrogen-bond acceptors (Lipinski definition) is 4. The molecule has 1 N–H and O–H groups in total. The van der Waals surface area contributed by atoms with E-state index in [4.69, 9.17) is 9.47 Å². The first-order valence-corrected chi connectivity index (χ1v) is 8.05. The van der Waals surface area contributed by atoms with Gasteiger partial charge >= 0.3 is 0 Å². The monoisotopic (exact) mass is 321 g/mol. The van der Waals surface area contributed by atoms with Crippen LogP contribution in [0.25, 0.3) is 0 Å². The minimum Gasteiger partial charge on any atom is -0.491 e. The van der Waals surface area contributed by atoms with Crippen LogP contribution in [0.1, 0.15) is 44.5 Å². The normalized spacial score (nSPS) is 10.9. The molecule has 0 aliphatic rings. The van der Waals surface area contributed by atoms with Crippen LogP contribution in [0.5, 0.6) is 5.75 Å². The Morgan fingerprint density at radius 3 is 2.30 bits per heavy atom. The zero-order valence-corrected chi connectivity index (χ0v) is 14.4. The summed E-state index contributed by atoms with van der Waals surface area (Å²) in [4.78, 5) is 23.3. The van der Waals surface area contributed by atoms with Crippen LogP contribution in [0.4, 0.5) is 0 Å². The van der Waals surface area contributed by atoms with E-state index in [0.29, 0.717) is 25.1 Å². The topological polar surface area (TPSA) is 64.6 Å². The summed E-state index contributed by atoms with van der Waals surface area (Å²) in [5.74, 6) is 0.717. The zero-order valence-electron chi connectivity index (χ0n) is 14.4. The number of Topliss-reactive ketones (excluding diaryl/α,β-unsaturated/α-hetero) is 1. The molecule has 1 amide bonds. The third-order valence-electron chi connectivity index (χ3n) is 3.13. The maximum absolute atomic E-state index is 12.0. The molecule has 0 aliphatic heterocycles. The first-order valence-electron chi connectivity index (χ1n) is 8.05. The second-order valence-electron chi connectivity index (χ2n) is 5.97. The lowest BCUT2D eigenvalue weighted by Gasteiger charge is -2.10. The summed E-state index contributed by atoms with van der Waals surface area (Å²) in [6.07, 6.45) is 0.781. The zero-order chi connectivity index (χ0) is 17.2. The van der Waals surface area contributed by atoms with Gasteiger partial charge in [-0.1, -0.05) is 13.8 Å². The fourth-order valence-corrected chi connectivity index (χ4v) is 1.77. The molecule has 0 spiro atoms. The molecule has 5 nitrogen and oxygen atoms in total. The van der Waals surface area contributed by atoms with Gasteiger partial charge in [-0.2, -0.15) is 0 Å². The third-order valence-corrected chi connectivity index (χ3v) is 3.13. The van der Waals surface area contributed by atoms with Gasteiger partial charge < -0.3 is 14.8 Å². The van der Waals surface area contributed by atoms with Crippen molar-refractivity contribution in [2.75, 3.05) is 19.8 Å². The van der Waals surface area contributed by atoms with E-state index in [9.17, 15) is 9.59 Å². The number of carbonyl (C=O) groups excluding carboxylic acids is 2. The number of nitrogens with one attached hydrogen (secondary N) is 1. The lowest BCUT2D eigenvalue weighted by Crippen LogP contribution is -2.25. The Bertz CT molecular complexity index is 494. The van der Waals surface area contributed by atoms with Gasteiger partial charge in [0, 0.05) is 24.6 Å². The summed E-state index contributed by atoms with van der Waals surface area (Å²) in [6, 6.07) is 7.06. The van der Waals surface area contributed by atoms with E-state index in [1.807, 2.05) is 27.7 Å². The molecule has 1 aromatic rings. The van der Waals surface area contributed by atoms with Crippen LogP contribution in [0.2, 0.25) is 0 Å². The number of benzene rings is 1. The summed E-state index contributed by atoms with van der Waals surface area (Å²) < 4.78 is 10.8. The Kier molecular flexibility index (Phi) is 8.33. The number of amides is 1. The number of carbonyl (C=O) groups is 2. The van der Waals surface area contributed by atoms with Crippen LogP contribution in [0.15, 0.2) is 24.3 Å². The molecule has 0 aromatic heterocycles. The van der Waals surface area contributed by atoms with E-state index in [2.05, 4.69) is 5.32 Å². The Balaban J connectivity index is 2.22. The smallest absolute Gasteiger partial charge is 0.251 e. The lowest BCUT2D eigenvalue weighted by atomic mass is 10.1. The Labute approximate surface area is 138 Å². The van der Waals surface area contributed by atoms with Crippen LogP contribution < -0.4 is 10.1 Å². The van der Waals surface area contributed by atoms with Gasteiger partial charge in [0.15, 0.2) is 5.78 Å². The van der Waals surface area contributed by atoms with Crippen LogP contribution in [-0.2, 0) is 9.53 Å². The van der Waals surface area contributed by atoms with Crippen molar-refractivity contribution in [3.63, 3.8) is 0 Å². The lowest BCUT2D eigenvalue weighted by molar-refractivity contribution is -0.126. The minimum absolute atomic E-state index is 0.00245. The van der Waals surface area contributed by atoms with Gasteiger partial charge in [-0.25, -0.2) is 0 Å². The van der Waals surface area contributed by atoms with Crippen LogP contribution in [-0.4, -0.2) is 37.6 Å². The summed E-state index contributed by atoms with van der Waals surface area (Å²) in [6.45, 7) is 8.73. The Morgan fingerprint density at radius 2 is 1.74 bits per heavy atom. The summed E-state index contributed by atoms with van der Waals surface area (Å²) in [5.41, 5.74) is 0.594. The molecular weight excluding hydrogens is 294 g/mol. The van der Waals surface area contributed by atoms with Crippen molar-refractivity contribution in [2.45, 2.75) is 40.2 Å². The van der Waals surface area contributed by atoms with E-state index in [1.165, 1.54) is 0 Å². The average molecular weight is 321 g/mol. The number of rotatable bonds is 10. The predicted octanol–water partition coefficient (Wildman–Crippen LogP) is 2.84. The maximum Gasteiger partial charge on any atom is 0.251 e. The van der Waals surface area contributed by atoms with E-state index in [0.717, 1.165) is 5.75 Å². The first kappa shape index (κ1) is 19.2. The highest BCUT2D eigenvalue weighted by Crippen LogP contribution is 2.13. The third kappa shape index (κ3) is 7.79. The van der Waals surface area contributed by atoms with Gasteiger partial charge in [-0.3, -0.25) is 9.59 Å². The van der Waals surface area contributed by atoms with Gasteiger partial charge in [-0.05, 0) is 44.5 Å². The molecule has 0 saturated carbocycles. The molecule has 0 aliphatic carbocycles. The largest absolute Gasteiger partial charge is 0.491 e. The summed E-state index contributed by atoms with van der Waals surface area (Å²) in [5, 5.41) is 2.83. The standard InChI is InChI=1S/C18H27NO4/c1-13(2)17(20)12-22-11-5-10-19-18(21)15-6-8-16(9-7-15)23-14(3)4/h6-9,13-14H,5,10-12H2,1-4H3,(H,19,21). The van der Waals surface area contributed by atoms with E-state index >= 15 is 0 Å². The second-order valence-corrected chi connectivity index (χ2v) is 5.97. The fourth-order valence-electron chi connectivity index (χ4n) is 1.77. The average Bonchev–Trinajstić information content (AvgIpc) is 2.50. The maximum atomic E-state index is 12.0. The number of ether oxygens (including phenoxy) is 2. The van der Waals surface area contributed by atoms with Gasteiger partial charge in [0.2, 0.25) is 0 Å². The first-order chi connectivity index (χ1) is 10.9. The van der Waals surface area contributed by atoms with Crippen molar-refractivity contribution in [2.24, 2.45) is 5.92 Å². The van der Waals surface area contributed by atoms with Crippen LogP contribution in [0.3, 0.4) is 0 Å². The van der Waals surface area contributed by atoms with Crippen molar-refractivity contribution >= 4 is 11.7 Å². The van der Waals surface area contributed by atoms with Crippen LogP contribution in [0, 0.1) is 5.92 Å². The van der Waals surface area contributed by atoms with Crippen molar-refractivity contribution in [1.29, 1.82) is 0 Å². The molecule has 0 atom stereocenters. The highest BCUT2D eigenvalue weighted by atomic mass is 16.5. The van der Waals surface area contributed by atoms with Crippen molar-refractivity contribution in [1.82, 2.24) is 5.32 Å². The quantitative estimate of drug-likeness (QED) is 0.673. The molecule has 0 heterocycles. The SMILES string of the molecule is CC(C)Oc1ccc(C(=O)NCCCOCC(=O)C(C)C)cc1. The number of ketones is 1. The Morgan fingerprint density at radius 1 is 1.09 bits per heavy atom. The van der Waals surface area contributed by atoms with Crippen molar-refractivity contribution < 1.29 is 19.1 Å². The molecule has 0 fully saturated rings. The highest BCUT2D eigenvalue weighted by Gasteiger charge is 2.07. The molecule has 0 saturated heterocycles. The highest BCUT2D eigenvalue weighted by molar-refractivity contribution is 5.94. The van der Waals surface area contributed by atoms with Gasteiger partial charge in [0.25, 0.3) is 5.91 Å². The molecule has 1 rings (SSSR count). The predicted molar refractivity (Wildman–Crippen MR) is 89.8 cm³/mol.